The second kappa shape index (κ2) is 25.5. The topological polar surface area (TPSA) is 198 Å². The van der Waals surface area contributed by atoms with Gasteiger partial charge in [-0.25, -0.2) is 4.79 Å². The zero-order valence-corrected chi connectivity index (χ0v) is 43.2. The van der Waals surface area contributed by atoms with Gasteiger partial charge in [0.1, 0.15) is 36.3 Å². The van der Waals surface area contributed by atoms with Crippen molar-refractivity contribution in [3.8, 4) is 6.07 Å². The average molecular weight is 991 g/mol. The molecular weight excluding hydrogens is 918 g/mol. The molecule has 1 aromatic carbocycles. The highest BCUT2D eigenvalue weighted by atomic mass is 35.5. The molecule has 2 heterocycles. The van der Waals surface area contributed by atoms with Gasteiger partial charge >= 0.3 is 5.97 Å². The number of carbonyl (C=O) groups excluding carboxylic acids is 7. The zero-order chi connectivity index (χ0) is 50.5. The lowest BCUT2D eigenvalue weighted by Gasteiger charge is -2.35. The lowest BCUT2D eigenvalue weighted by molar-refractivity contribution is -0.163. The summed E-state index contributed by atoms with van der Waals surface area (Å²) in [4.78, 5) is 106. The van der Waals surface area contributed by atoms with Crippen molar-refractivity contribution in [2.45, 2.75) is 173 Å². The van der Waals surface area contributed by atoms with E-state index in [4.69, 9.17) is 16.3 Å². The Morgan fingerprint density at radius 3 is 1.81 bits per heavy atom. The van der Waals surface area contributed by atoms with Crippen LogP contribution in [0, 0.1) is 23.2 Å². The van der Waals surface area contributed by atoms with Crippen LogP contribution in [0.4, 0.5) is 0 Å². The molecule has 7 atom stereocenters. The molecule has 17 heteroatoms. The molecule has 5 rings (SSSR count). The molecule has 15 nitrogen and oxygen atoms in total. The van der Waals surface area contributed by atoms with Crippen molar-refractivity contribution in [3.05, 3.63) is 57.5 Å². The summed E-state index contributed by atoms with van der Waals surface area (Å²) in [5, 5.41) is 21.6. The van der Waals surface area contributed by atoms with Gasteiger partial charge in [-0.2, -0.15) is 5.26 Å². The van der Waals surface area contributed by atoms with Crippen LogP contribution in [0.3, 0.4) is 0 Å². The summed E-state index contributed by atoms with van der Waals surface area (Å²) in [7, 11) is 4.45. The predicted molar refractivity (Wildman–Crippen MR) is 268 cm³/mol. The Kier molecular flexibility index (Phi) is 20.2. The smallest absolute Gasteiger partial charge is 0.329 e. The number of nitrogens with zero attached hydrogens (tertiary/aromatic N) is 4. The Morgan fingerprint density at radius 2 is 1.26 bits per heavy atom. The molecule has 1 aliphatic heterocycles. The predicted octanol–water partition coefficient (Wildman–Crippen LogP) is 7.15. The van der Waals surface area contributed by atoms with Gasteiger partial charge in [-0.3, -0.25) is 28.8 Å². The maximum absolute atomic E-state index is 15.2. The van der Waals surface area contributed by atoms with Crippen LogP contribution in [0.15, 0.2) is 46.9 Å². The van der Waals surface area contributed by atoms with E-state index in [2.05, 4.69) is 28.1 Å². The number of halogens is 1. The molecule has 69 heavy (non-hydrogen) atoms. The van der Waals surface area contributed by atoms with Gasteiger partial charge in [0.05, 0.1) is 6.07 Å². The quantitative estimate of drug-likeness (QED) is 0.146. The number of allylic oxidation sites excluding steroid dienone is 2. The molecule has 2 aromatic rings. The molecule has 3 aliphatic rings. The lowest BCUT2D eigenvalue weighted by Crippen LogP contribution is -2.60. The molecule has 0 saturated carbocycles. The van der Waals surface area contributed by atoms with E-state index in [-0.39, 0.29) is 56.8 Å². The summed E-state index contributed by atoms with van der Waals surface area (Å²) < 4.78 is 6.72. The third-order valence-corrected chi connectivity index (χ3v) is 14.8. The normalized spacial score (nSPS) is 25.7. The third kappa shape index (κ3) is 14.9. The van der Waals surface area contributed by atoms with Crippen molar-refractivity contribution in [1.29, 1.82) is 5.26 Å². The van der Waals surface area contributed by atoms with Crippen molar-refractivity contribution >= 4 is 74.4 Å². The van der Waals surface area contributed by atoms with Crippen molar-refractivity contribution in [1.82, 2.24) is 30.7 Å². The summed E-state index contributed by atoms with van der Waals surface area (Å²) in [5.41, 5.74) is 2.71. The number of thiophene rings is 1. The van der Waals surface area contributed by atoms with Crippen LogP contribution in [0.25, 0.3) is 10.1 Å². The summed E-state index contributed by atoms with van der Waals surface area (Å²) in [6.07, 6.45) is 9.94. The Labute approximate surface area is 416 Å². The summed E-state index contributed by atoms with van der Waals surface area (Å²) in [6.45, 7) is 9.08. The van der Waals surface area contributed by atoms with Crippen molar-refractivity contribution < 1.29 is 38.3 Å². The fraction of sp³-hybridized carbons (Fsp3) is 0.615. The first-order valence-corrected chi connectivity index (χ1v) is 25.8. The highest BCUT2D eigenvalue weighted by Crippen LogP contribution is 2.31. The molecule has 1 saturated heterocycles. The summed E-state index contributed by atoms with van der Waals surface area (Å²) >= 11 is 7.94. The second-order valence-corrected chi connectivity index (χ2v) is 21.2. The number of amides is 6. The van der Waals surface area contributed by atoms with E-state index in [1.54, 1.807) is 6.07 Å². The molecule has 1 aromatic heterocycles. The number of ether oxygens (including phenoxy) is 1. The highest BCUT2D eigenvalue weighted by molar-refractivity contribution is 7.17. The molecule has 1 fully saturated rings. The zero-order valence-electron chi connectivity index (χ0n) is 41.6. The van der Waals surface area contributed by atoms with E-state index in [1.165, 1.54) is 49.2 Å². The average Bonchev–Trinajstić information content (AvgIpc) is 3.72. The SMILES string of the molecule is CC(C)C[C@@H]1NC(=O)[C@H](Cc2csc3ccc(Cl)cc23)N(C)C(=O)[C@H](CC2=CCCCC2)NC(=O)[C@H](CC(C)C)N(C)C(=O)[C@H](CC2=CCCCC2)NC(=O)[C@@H](CCC#N)OC(=O)[C@H](C)N(C)C1=O. The van der Waals surface area contributed by atoms with Gasteiger partial charge < -0.3 is 35.4 Å². The van der Waals surface area contributed by atoms with E-state index in [0.29, 0.717) is 11.4 Å². The maximum Gasteiger partial charge on any atom is 0.329 e. The minimum atomic E-state index is -1.50. The van der Waals surface area contributed by atoms with E-state index >= 15 is 4.79 Å². The van der Waals surface area contributed by atoms with Crippen LogP contribution in [-0.2, 0) is 44.7 Å². The number of hydrogen-bond donors (Lipinski definition) is 3. The monoisotopic (exact) mass is 989 g/mol. The van der Waals surface area contributed by atoms with Gasteiger partial charge in [0, 0.05) is 50.1 Å². The molecule has 0 radical (unpaired) electrons. The fourth-order valence-electron chi connectivity index (χ4n) is 9.38. The van der Waals surface area contributed by atoms with E-state index in [9.17, 15) is 34.0 Å². The van der Waals surface area contributed by atoms with E-state index in [1.807, 2.05) is 51.3 Å². The van der Waals surface area contributed by atoms with Gasteiger partial charge in [-0.1, -0.05) is 62.6 Å². The number of rotatable bonds is 12. The Morgan fingerprint density at radius 1 is 0.725 bits per heavy atom. The van der Waals surface area contributed by atoms with E-state index in [0.717, 1.165) is 76.6 Å². The van der Waals surface area contributed by atoms with Gasteiger partial charge in [-0.05, 0) is 130 Å². The third-order valence-electron chi connectivity index (χ3n) is 13.6. The molecule has 2 aliphatic carbocycles. The molecule has 0 unspecified atom stereocenters. The molecular formula is C52H72ClN7O8S. The number of benzene rings is 1. The van der Waals surface area contributed by atoms with Gasteiger partial charge in [0.2, 0.25) is 29.5 Å². The number of nitrogens with one attached hydrogen (secondary N) is 3. The van der Waals surface area contributed by atoms with Gasteiger partial charge in [-0.15, -0.1) is 11.3 Å². The van der Waals surface area contributed by atoms with Crippen LogP contribution in [0.1, 0.15) is 130 Å². The first kappa shape index (κ1) is 54.7. The Hall–Kier alpha value is -5.27. The Bertz CT molecular complexity index is 2300. The molecule has 3 N–H and O–H groups in total. The van der Waals surface area contributed by atoms with Crippen LogP contribution < -0.4 is 16.0 Å². The number of cyclic esters (lactones) is 1. The number of carbonyl (C=O) groups is 7. The first-order chi connectivity index (χ1) is 32.8. The van der Waals surface area contributed by atoms with Crippen LogP contribution in [0.5, 0.6) is 0 Å². The van der Waals surface area contributed by atoms with Gasteiger partial charge in [0.15, 0.2) is 6.10 Å². The largest absolute Gasteiger partial charge is 0.451 e. The van der Waals surface area contributed by atoms with Crippen LogP contribution in [0.2, 0.25) is 5.02 Å². The highest BCUT2D eigenvalue weighted by Gasteiger charge is 2.41. The molecule has 6 amide bonds. The number of esters is 1. The van der Waals surface area contributed by atoms with Crippen LogP contribution >= 0.6 is 22.9 Å². The van der Waals surface area contributed by atoms with Gasteiger partial charge in [0.25, 0.3) is 5.91 Å². The molecule has 0 spiro atoms. The second-order valence-electron chi connectivity index (χ2n) is 19.9. The van der Waals surface area contributed by atoms with Crippen molar-refractivity contribution in [3.63, 3.8) is 0 Å². The Balaban J connectivity index is 1.66. The number of nitriles is 1. The minimum Gasteiger partial charge on any atom is -0.451 e. The fourth-order valence-corrected chi connectivity index (χ4v) is 10.5. The lowest BCUT2D eigenvalue weighted by atomic mass is 9.92. The number of likely N-dealkylation sites (N-methyl/N-ethyl adjacent to an activating group) is 3. The standard InChI is InChI=1S/C52H72ClN7O8S/c1-31(2)24-39-49(64)58(6)33(5)52(67)68-44(20-15-23-54)48(63)57-41(27-35-18-13-10-14-19-35)51(66)59(7)42(25-32(3)4)46(61)56-40(26-34-16-11-9-12-17-34)50(65)60(8)43(47(62)55-39)28-36-30-69-45-22-21-37(53)29-38(36)45/h16,18,21-22,29-33,39-44H,9-15,17,19-20,24-28H2,1-8H3,(H,55,62)(H,56,61)(H,57,63)/t33-,39-,40-,41-,42-,43-,44+/m0/s1. The maximum atomic E-state index is 15.2. The summed E-state index contributed by atoms with van der Waals surface area (Å²) in [6, 6.07) is 0.480. The first-order valence-electron chi connectivity index (χ1n) is 24.6. The molecule has 0 bridgehead atoms. The summed E-state index contributed by atoms with van der Waals surface area (Å²) in [5.74, 6) is -4.83. The van der Waals surface area contributed by atoms with Crippen LogP contribution in [-0.4, -0.2) is 120 Å². The van der Waals surface area contributed by atoms with Crippen molar-refractivity contribution in [2.75, 3.05) is 21.1 Å². The van der Waals surface area contributed by atoms with Crippen molar-refractivity contribution in [2.24, 2.45) is 11.8 Å². The number of fused-ring (bicyclic) bond motifs is 1. The molecule has 376 valence electrons. The van der Waals surface area contributed by atoms with E-state index < -0.39 is 83.8 Å². The minimum absolute atomic E-state index is 0.0368. The number of hydrogen-bond acceptors (Lipinski definition) is 10.